The van der Waals surface area contributed by atoms with Crippen molar-refractivity contribution in [3.63, 3.8) is 0 Å². The van der Waals surface area contributed by atoms with Crippen molar-refractivity contribution in [2.24, 2.45) is 0 Å². The maximum atomic E-state index is 12.0. The van der Waals surface area contributed by atoms with Crippen molar-refractivity contribution >= 4 is 51.5 Å². The molecule has 0 radical (unpaired) electrons. The Morgan fingerprint density at radius 2 is 1.81 bits per heavy atom. The molecule has 10 heteroatoms. The van der Waals surface area contributed by atoms with Crippen LogP contribution in [0, 0.1) is 0 Å². The number of amides is 1. The second-order valence-corrected chi connectivity index (χ2v) is 8.81. The zero-order valence-corrected chi connectivity index (χ0v) is 18.1. The Bertz CT molecular complexity index is 895. The number of carbonyl (C=O) groups excluding carboxylic acids is 1. The van der Waals surface area contributed by atoms with Gasteiger partial charge in [-0.05, 0) is 62.2 Å². The molecular formula is C17H15Br2NO6P+. The van der Waals surface area contributed by atoms with Crippen LogP contribution in [0.5, 0.6) is 17.2 Å². The molecule has 2 rings (SSSR count). The Morgan fingerprint density at radius 3 is 2.37 bits per heavy atom. The topological polar surface area (TPSA) is 113 Å². The van der Waals surface area contributed by atoms with Crippen molar-refractivity contribution < 1.29 is 29.1 Å². The number of carboxylic acid groups (broad SMARTS) is 1. The van der Waals surface area contributed by atoms with E-state index in [9.17, 15) is 19.3 Å². The fourth-order valence-electron chi connectivity index (χ4n) is 2.19. The molecule has 2 aromatic carbocycles. The van der Waals surface area contributed by atoms with Crippen molar-refractivity contribution in [1.82, 2.24) is 5.32 Å². The minimum Gasteiger partial charge on any atom is -0.507 e. The van der Waals surface area contributed by atoms with Crippen LogP contribution in [0.25, 0.3) is 0 Å². The molecule has 1 amide bonds. The summed E-state index contributed by atoms with van der Waals surface area (Å²) in [6.45, 7) is 1.08. The van der Waals surface area contributed by atoms with Crippen LogP contribution in [-0.4, -0.2) is 35.3 Å². The molecule has 27 heavy (non-hydrogen) atoms. The van der Waals surface area contributed by atoms with Gasteiger partial charge >= 0.3 is 13.8 Å². The number of aromatic hydroxyl groups is 1. The maximum Gasteiger partial charge on any atom is 0.340 e. The van der Waals surface area contributed by atoms with E-state index in [1.807, 2.05) is 0 Å². The number of rotatable bonds is 7. The number of carbonyl (C=O) groups is 2. The van der Waals surface area contributed by atoms with E-state index in [0.29, 0.717) is 20.9 Å². The predicted octanol–water partition coefficient (Wildman–Crippen LogP) is 4.48. The van der Waals surface area contributed by atoms with Crippen LogP contribution >= 0.6 is 39.7 Å². The number of phenolic OH excluding ortho intramolecular Hbond substituents is 1. The summed E-state index contributed by atoms with van der Waals surface area (Å²) in [5.41, 5.74) is 0.754. The van der Waals surface area contributed by atoms with E-state index >= 15 is 0 Å². The van der Waals surface area contributed by atoms with Crippen LogP contribution < -0.4 is 10.1 Å². The molecule has 0 aliphatic heterocycles. The van der Waals surface area contributed by atoms with Gasteiger partial charge in [-0.3, -0.25) is 9.59 Å². The SMILES string of the molecule is C[P+](=O)Cc1cc(Br)c(Oc2ccc(O)c(C(=O)NCC(=O)O)c2)c(Br)c1. The highest BCUT2D eigenvalue weighted by molar-refractivity contribution is 9.11. The van der Waals surface area contributed by atoms with Gasteiger partial charge in [-0.2, -0.15) is 0 Å². The molecule has 1 atom stereocenters. The standard InChI is InChI=1S/C17H14Br2NO6P/c1-27(25)8-9-4-12(18)16(13(19)5-9)26-10-2-3-14(21)11(6-10)17(24)20-7-15(22)23/h2-6H,7-8H2,1H3,(H2-,20,21,22,23,24)/p+1. The highest BCUT2D eigenvalue weighted by Crippen LogP contribution is 2.40. The van der Waals surface area contributed by atoms with Gasteiger partial charge in [0.25, 0.3) is 5.91 Å². The van der Waals surface area contributed by atoms with Crippen molar-refractivity contribution in [2.45, 2.75) is 6.16 Å². The lowest BCUT2D eigenvalue weighted by atomic mass is 10.1. The molecule has 3 N–H and O–H groups in total. The van der Waals surface area contributed by atoms with E-state index in [1.165, 1.54) is 18.2 Å². The van der Waals surface area contributed by atoms with Gasteiger partial charge in [0.05, 0.1) is 14.5 Å². The monoisotopic (exact) mass is 518 g/mol. The van der Waals surface area contributed by atoms with Crippen LogP contribution in [0.1, 0.15) is 15.9 Å². The molecule has 142 valence electrons. The molecule has 0 bridgehead atoms. The summed E-state index contributed by atoms with van der Waals surface area (Å²) in [7, 11) is -1.33. The van der Waals surface area contributed by atoms with E-state index in [2.05, 4.69) is 37.2 Å². The minimum atomic E-state index is -1.33. The van der Waals surface area contributed by atoms with E-state index in [4.69, 9.17) is 9.84 Å². The molecule has 0 fully saturated rings. The van der Waals surface area contributed by atoms with Crippen molar-refractivity contribution in [3.8, 4) is 17.2 Å². The van der Waals surface area contributed by atoms with Gasteiger partial charge in [0.2, 0.25) is 0 Å². The second kappa shape index (κ2) is 9.30. The molecule has 0 saturated heterocycles. The van der Waals surface area contributed by atoms with Crippen molar-refractivity contribution in [3.05, 3.63) is 50.4 Å². The molecule has 7 nitrogen and oxygen atoms in total. The molecule has 0 saturated carbocycles. The third-order valence-electron chi connectivity index (χ3n) is 3.30. The van der Waals surface area contributed by atoms with E-state index < -0.39 is 26.2 Å². The highest BCUT2D eigenvalue weighted by Gasteiger charge is 2.17. The average Bonchev–Trinajstić information content (AvgIpc) is 2.56. The number of hydrogen-bond donors (Lipinski definition) is 3. The fraction of sp³-hybridized carbons (Fsp3) is 0.176. The van der Waals surface area contributed by atoms with Gasteiger partial charge in [0.15, 0.2) is 11.9 Å². The lowest BCUT2D eigenvalue weighted by molar-refractivity contribution is -0.135. The third kappa shape index (κ3) is 6.02. The fourth-order valence-corrected chi connectivity index (χ4v) is 4.33. The van der Waals surface area contributed by atoms with Crippen LogP contribution in [-0.2, 0) is 15.5 Å². The van der Waals surface area contributed by atoms with Crippen LogP contribution in [0.15, 0.2) is 39.3 Å². The average molecular weight is 520 g/mol. The van der Waals surface area contributed by atoms with Crippen molar-refractivity contribution in [1.29, 1.82) is 0 Å². The summed E-state index contributed by atoms with van der Waals surface area (Å²) in [6.07, 6.45) is 0.430. The molecule has 0 spiro atoms. The first-order chi connectivity index (χ1) is 12.7. The Kier molecular flexibility index (Phi) is 7.35. The molecular weight excluding hydrogens is 505 g/mol. The second-order valence-electron chi connectivity index (χ2n) is 5.53. The number of benzene rings is 2. The lowest BCUT2D eigenvalue weighted by Gasteiger charge is -2.12. The van der Waals surface area contributed by atoms with Gasteiger partial charge in [-0.1, -0.05) is 4.57 Å². The first-order valence-electron chi connectivity index (χ1n) is 7.54. The van der Waals surface area contributed by atoms with E-state index in [1.54, 1.807) is 18.8 Å². The largest absolute Gasteiger partial charge is 0.507 e. The van der Waals surface area contributed by atoms with Gasteiger partial charge in [-0.25, -0.2) is 0 Å². The Hall–Kier alpha value is -1.96. The number of carboxylic acids is 1. The number of phenols is 1. The number of nitrogens with one attached hydrogen (secondary N) is 1. The molecule has 0 aliphatic rings. The summed E-state index contributed by atoms with van der Waals surface area (Å²) in [5.74, 6) is -1.53. The smallest absolute Gasteiger partial charge is 0.340 e. The van der Waals surface area contributed by atoms with E-state index in [-0.39, 0.29) is 17.1 Å². The number of aliphatic carboxylic acids is 1. The Balaban J connectivity index is 2.27. The van der Waals surface area contributed by atoms with E-state index in [0.717, 1.165) is 5.56 Å². The zero-order valence-electron chi connectivity index (χ0n) is 14.0. The molecule has 0 aromatic heterocycles. The first kappa shape index (κ1) is 21.3. The number of hydrogen-bond acceptors (Lipinski definition) is 5. The van der Waals surface area contributed by atoms with Crippen molar-refractivity contribution in [2.75, 3.05) is 13.2 Å². The summed E-state index contributed by atoms with van der Waals surface area (Å²) in [6, 6.07) is 7.64. The summed E-state index contributed by atoms with van der Waals surface area (Å²) in [4.78, 5) is 22.6. The Labute approximate surface area is 172 Å². The van der Waals surface area contributed by atoms with Crippen LogP contribution in [0.3, 0.4) is 0 Å². The highest BCUT2D eigenvalue weighted by atomic mass is 79.9. The number of halogens is 2. The molecule has 2 aromatic rings. The Morgan fingerprint density at radius 1 is 1.19 bits per heavy atom. The van der Waals surface area contributed by atoms with Crippen LogP contribution in [0.2, 0.25) is 0 Å². The van der Waals surface area contributed by atoms with Gasteiger partial charge < -0.3 is 20.3 Å². The molecule has 0 aliphatic carbocycles. The van der Waals surface area contributed by atoms with Gasteiger partial charge in [0.1, 0.15) is 24.7 Å². The normalized spacial score (nSPS) is 11.0. The minimum absolute atomic E-state index is 0.111. The predicted molar refractivity (Wildman–Crippen MR) is 107 cm³/mol. The van der Waals surface area contributed by atoms with Gasteiger partial charge in [0, 0.05) is 5.56 Å². The third-order valence-corrected chi connectivity index (χ3v) is 5.28. The van der Waals surface area contributed by atoms with Gasteiger partial charge in [-0.15, -0.1) is 0 Å². The first-order valence-corrected chi connectivity index (χ1v) is 11.0. The summed E-state index contributed by atoms with van der Waals surface area (Å²) < 4.78 is 18.5. The number of ether oxygens (including phenoxy) is 1. The molecule has 1 unspecified atom stereocenters. The summed E-state index contributed by atoms with van der Waals surface area (Å²) >= 11 is 6.81. The van der Waals surface area contributed by atoms with Crippen LogP contribution in [0.4, 0.5) is 0 Å². The quantitative estimate of drug-likeness (QED) is 0.465. The lowest BCUT2D eigenvalue weighted by Crippen LogP contribution is -2.29. The zero-order chi connectivity index (χ0) is 20.1. The summed E-state index contributed by atoms with van der Waals surface area (Å²) in [5, 5.41) is 20.7. The maximum absolute atomic E-state index is 12.0. The molecule has 0 heterocycles.